The second-order valence-electron chi connectivity index (χ2n) is 5.06. The van der Waals surface area contributed by atoms with Crippen LogP contribution in [0.4, 0.5) is 5.82 Å². The molecule has 1 saturated carbocycles. The maximum absolute atomic E-state index is 12.4. The Balaban J connectivity index is 1.89. The molecule has 0 bridgehead atoms. The molecule has 6 nitrogen and oxygen atoms in total. The van der Waals surface area contributed by atoms with E-state index in [9.17, 15) is 8.42 Å². The lowest BCUT2D eigenvalue weighted by Gasteiger charge is -2.13. The number of anilines is 1. The molecule has 104 valence electrons. The Kier molecular flexibility index (Phi) is 3.03. The van der Waals surface area contributed by atoms with Crippen LogP contribution in [0.1, 0.15) is 26.2 Å². The smallest absolute Gasteiger partial charge is 0.260 e. The van der Waals surface area contributed by atoms with Crippen molar-refractivity contribution in [2.24, 2.45) is 5.92 Å². The van der Waals surface area contributed by atoms with Gasteiger partial charge in [0.15, 0.2) is 15.8 Å². The largest absolute Gasteiger partial charge is 0.381 e. The Labute approximate surface area is 115 Å². The Morgan fingerprint density at radius 1 is 1.63 bits per heavy atom. The first-order valence-electron chi connectivity index (χ1n) is 6.21. The van der Waals surface area contributed by atoms with Gasteiger partial charge in [-0.25, -0.2) is 18.1 Å². The average Bonchev–Trinajstić information content (AvgIpc) is 2.86. The highest BCUT2D eigenvalue weighted by molar-refractivity contribution is 7.89. The van der Waals surface area contributed by atoms with Crippen LogP contribution in [0, 0.1) is 5.92 Å². The van der Waals surface area contributed by atoms with Crippen LogP contribution in [-0.2, 0) is 10.0 Å². The highest BCUT2D eigenvalue weighted by Gasteiger charge is 2.29. The van der Waals surface area contributed by atoms with E-state index in [0.717, 1.165) is 6.42 Å². The van der Waals surface area contributed by atoms with Crippen molar-refractivity contribution in [2.45, 2.75) is 37.3 Å². The van der Waals surface area contributed by atoms with Crippen LogP contribution < -0.4 is 10.5 Å². The third kappa shape index (κ3) is 2.47. The van der Waals surface area contributed by atoms with E-state index in [2.05, 4.69) is 9.71 Å². The quantitative estimate of drug-likeness (QED) is 0.874. The molecule has 1 aliphatic rings. The van der Waals surface area contributed by atoms with Gasteiger partial charge in [0.1, 0.15) is 0 Å². The molecule has 1 unspecified atom stereocenters. The molecule has 0 aliphatic heterocycles. The molecule has 0 spiro atoms. The fraction of sp³-hybridized carbons (Fsp3) is 0.545. The molecule has 0 amide bonds. The van der Waals surface area contributed by atoms with Crippen LogP contribution >= 0.6 is 11.3 Å². The standard InChI is InChI=1S/C11H16N4O2S2/c1-7(6-8-2-3-8)14-19(16,17)10-9(12)13-11-15(10)4-5-18-11/h4-5,7-8,14H,2-3,6,12H2,1H3. The molecule has 8 heteroatoms. The molecular weight excluding hydrogens is 284 g/mol. The topological polar surface area (TPSA) is 89.5 Å². The van der Waals surface area contributed by atoms with Crippen LogP contribution in [0.3, 0.4) is 0 Å². The van der Waals surface area contributed by atoms with Gasteiger partial charge in [-0.15, -0.1) is 11.3 Å². The van der Waals surface area contributed by atoms with Crippen molar-refractivity contribution in [1.82, 2.24) is 14.1 Å². The lowest BCUT2D eigenvalue weighted by molar-refractivity contribution is 0.527. The van der Waals surface area contributed by atoms with E-state index in [1.54, 1.807) is 11.6 Å². The van der Waals surface area contributed by atoms with E-state index in [1.165, 1.54) is 28.6 Å². The molecule has 0 aromatic carbocycles. The Morgan fingerprint density at radius 3 is 3.05 bits per heavy atom. The van der Waals surface area contributed by atoms with E-state index in [-0.39, 0.29) is 16.9 Å². The summed E-state index contributed by atoms with van der Waals surface area (Å²) in [4.78, 5) is 4.65. The first-order chi connectivity index (χ1) is 8.97. The second kappa shape index (κ2) is 4.46. The summed E-state index contributed by atoms with van der Waals surface area (Å²) in [5.41, 5.74) is 5.73. The van der Waals surface area contributed by atoms with Gasteiger partial charge in [-0.1, -0.05) is 12.8 Å². The van der Waals surface area contributed by atoms with Gasteiger partial charge in [0.25, 0.3) is 10.0 Å². The Hall–Kier alpha value is -1.12. The predicted molar refractivity (Wildman–Crippen MR) is 74.6 cm³/mol. The van der Waals surface area contributed by atoms with E-state index in [4.69, 9.17) is 5.73 Å². The third-order valence-corrected chi connectivity index (χ3v) is 5.62. The molecule has 2 aromatic heterocycles. The summed E-state index contributed by atoms with van der Waals surface area (Å²) in [7, 11) is -3.63. The number of nitrogens with two attached hydrogens (primary N) is 1. The van der Waals surface area contributed by atoms with Crippen molar-refractivity contribution in [3.63, 3.8) is 0 Å². The average molecular weight is 300 g/mol. The van der Waals surface area contributed by atoms with Gasteiger partial charge in [-0.2, -0.15) is 0 Å². The maximum atomic E-state index is 12.4. The van der Waals surface area contributed by atoms with Crippen molar-refractivity contribution in [3.05, 3.63) is 11.6 Å². The number of nitrogens with one attached hydrogen (secondary N) is 1. The van der Waals surface area contributed by atoms with Crippen LogP contribution in [0.5, 0.6) is 0 Å². The number of hydrogen-bond acceptors (Lipinski definition) is 5. The van der Waals surface area contributed by atoms with Gasteiger partial charge < -0.3 is 5.73 Å². The molecule has 1 fully saturated rings. The van der Waals surface area contributed by atoms with Gasteiger partial charge in [0, 0.05) is 17.6 Å². The van der Waals surface area contributed by atoms with Crippen molar-refractivity contribution in [3.8, 4) is 0 Å². The van der Waals surface area contributed by atoms with Crippen LogP contribution in [0.15, 0.2) is 16.6 Å². The van der Waals surface area contributed by atoms with Crippen LogP contribution in [0.25, 0.3) is 4.96 Å². The number of fused-ring (bicyclic) bond motifs is 1. The van der Waals surface area contributed by atoms with Crippen molar-refractivity contribution in [2.75, 3.05) is 5.73 Å². The summed E-state index contributed by atoms with van der Waals surface area (Å²) >= 11 is 1.36. The highest BCUT2D eigenvalue weighted by atomic mass is 32.2. The van der Waals surface area contributed by atoms with Crippen molar-refractivity contribution in [1.29, 1.82) is 0 Å². The normalized spacial score (nSPS) is 17.9. The van der Waals surface area contributed by atoms with Crippen LogP contribution in [-0.4, -0.2) is 23.8 Å². The summed E-state index contributed by atoms with van der Waals surface area (Å²) in [6.07, 6.45) is 4.96. The fourth-order valence-corrected chi connectivity index (χ4v) is 4.51. The van der Waals surface area contributed by atoms with Gasteiger partial charge in [0.2, 0.25) is 0 Å². The number of imidazole rings is 1. The Bertz CT molecular complexity index is 699. The fourth-order valence-electron chi connectivity index (χ4n) is 2.27. The van der Waals surface area contributed by atoms with Gasteiger partial charge in [-0.05, 0) is 19.3 Å². The number of aromatic nitrogens is 2. The van der Waals surface area contributed by atoms with E-state index < -0.39 is 10.0 Å². The minimum Gasteiger partial charge on any atom is -0.381 e. The number of thiazole rings is 1. The molecule has 1 aliphatic carbocycles. The number of rotatable bonds is 5. The molecule has 2 heterocycles. The summed E-state index contributed by atoms with van der Waals surface area (Å²) in [5.74, 6) is 0.722. The van der Waals surface area contributed by atoms with E-state index in [1.807, 2.05) is 6.92 Å². The number of sulfonamides is 1. The van der Waals surface area contributed by atoms with E-state index >= 15 is 0 Å². The van der Waals surface area contributed by atoms with Gasteiger partial charge in [0.05, 0.1) is 0 Å². The zero-order valence-corrected chi connectivity index (χ0v) is 12.2. The summed E-state index contributed by atoms with van der Waals surface area (Å²) in [6, 6.07) is -0.0823. The third-order valence-electron chi connectivity index (χ3n) is 3.24. The minimum atomic E-state index is -3.63. The predicted octanol–water partition coefficient (Wildman–Crippen LogP) is 1.44. The van der Waals surface area contributed by atoms with E-state index in [0.29, 0.717) is 10.9 Å². The Morgan fingerprint density at radius 2 is 2.37 bits per heavy atom. The number of hydrogen-bond donors (Lipinski definition) is 2. The molecule has 3 rings (SSSR count). The monoisotopic (exact) mass is 300 g/mol. The molecule has 1 atom stereocenters. The number of nitrogens with zero attached hydrogens (tertiary/aromatic N) is 2. The molecular formula is C11H16N4O2S2. The first kappa shape index (κ1) is 12.9. The summed E-state index contributed by atoms with van der Waals surface area (Å²) in [6.45, 7) is 1.89. The van der Waals surface area contributed by atoms with Crippen LogP contribution in [0.2, 0.25) is 0 Å². The maximum Gasteiger partial charge on any atom is 0.260 e. The zero-order chi connectivity index (χ0) is 13.6. The zero-order valence-electron chi connectivity index (χ0n) is 10.5. The molecule has 0 radical (unpaired) electrons. The molecule has 0 saturated heterocycles. The lowest BCUT2D eigenvalue weighted by atomic mass is 10.2. The summed E-state index contributed by atoms with van der Waals surface area (Å²) < 4.78 is 29.0. The van der Waals surface area contributed by atoms with Gasteiger partial charge in [-0.3, -0.25) is 4.40 Å². The summed E-state index contributed by atoms with van der Waals surface area (Å²) in [5, 5.41) is 1.83. The van der Waals surface area contributed by atoms with Gasteiger partial charge >= 0.3 is 0 Å². The second-order valence-corrected chi connectivity index (χ2v) is 7.56. The molecule has 19 heavy (non-hydrogen) atoms. The molecule has 2 aromatic rings. The van der Waals surface area contributed by atoms with Crippen molar-refractivity contribution < 1.29 is 8.42 Å². The number of nitrogen functional groups attached to an aromatic ring is 1. The minimum absolute atomic E-state index is 0.0476. The molecule has 3 N–H and O–H groups in total. The first-order valence-corrected chi connectivity index (χ1v) is 8.57. The van der Waals surface area contributed by atoms with Crippen molar-refractivity contribution >= 4 is 32.1 Å². The SMILES string of the molecule is CC(CC1CC1)NS(=O)(=O)c1c(N)nc2sccn12. The lowest BCUT2D eigenvalue weighted by Crippen LogP contribution is -2.34. The highest BCUT2D eigenvalue weighted by Crippen LogP contribution is 2.33.